The molecule has 0 bridgehead atoms. The number of aliphatic hydroxyl groups excluding tert-OH is 1. The first-order chi connectivity index (χ1) is 7.33. The highest BCUT2D eigenvalue weighted by atomic mass is 16.3. The number of hydrogen-bond donors (Lipinski definition) is 2. The van der Waals surface area contributed by atoms with Crippen molar-refractivity contribution in [3.63, 3.8) is 0 Å². The van der Waals surface area contributed by atoms with Crippen molar-refractivity contribution < 1.29 is 5.11 Å². The van der Waals surface area contributed by atoms with E-state index in [0.29, 0.717) is 12.1 Å². The van der Waals surface area contributed by atoms with Gasteiger partial charge < -0.3 is 10.4 Å². The molecule has 3 rings (SSSR count). The lowest BCUT2D eigenvalue weighted by Crippen LogP contribution is -2.44. The van der Waals surface area contributed by atoms with Crippen LogP contribution in [0.1, 0.15) is 38.5 Å². The predicted molar refractivity (Wildman–Crippen MR) is 59.8 cm³/mol. The number of hydrogen-bond acceptors (Lipinski definition) is 3. The van der Waals surface area contributed by atoms with Gasteiger partial charge in [-0.1, -0.05) is 0 Å². The number of nitrogens with one attached hydrogen (secondary N) is 1. The Labute approximate surface area is 91.8 Å². The standard InChI is InChI=1S/C12H22N2O/c15-12-3-1-2-11(12)13-9-6-7-14(8-9)10-4-5-10/h9-13,15H,1-8H2/t9?,11-,12-/m1/s1. The summed E-state index contributed by atoms with van der Waals surface area (Å²) in [7, 11) is 0. The topological polar surface area (TPSA) is 35.5 Å². The molecule has 1 unspecified atom stereocenters. The van der Waals surface area contributed by atoms with Gasteiger partial charge in [-0.15, -0.1) is 0 Å². The van der Waals surface area contributed by atoms with Gasteiger partial charge in [0.2, 0.25) is 0 Å². The first kappa shape index (κ1) is 10.1. The second kappa shape index (κ2) is 4.04. The molecular formula is C12H22N2O. The molecule has 1 aliphatic heterocycles. The van der Waals surface area contributed by atoms with Crippen LogP contribution in [0.4, 0.5) is 0 Å². The zero-order valence-electron chi connectivity index (χ0n) is 9.36. The van der Waals surface area contributed by atoms with Crippen molar-refractivity contribution in [2.75, 3.05) is 13.1 Å². The summed E-state index contributed by atoms with van der Waals surface area (Å²) in [5.41, 5.74) is 0. The summed E-state index contributed by atoms with van der Waals surface area (Å²) in [6.45, 7) is 2.49. The maximum absolute atomic E-state index is 9.76. The highest BCUT2D eigenvalue weighted by molar-refractivity contribution is 4.94. The normalized spacial score (nSPS) is 42.6. The minimum Gasteiger partial charge on any atom is -0.392 e. The van der Waals surface area contributed by atoms with Gasteiger partial charge in [0.15, 0.2) is 0 Å². The van der Waals surface area contributed by atoms with Crippen LogP contribution in [0.25, 0.3) is 0 Å². The Balaban J connectivity index is 1.47. The zero-order valence-corrected chi connectivity index (χ0v) is 9.36. The van der Waals surface area contributed by atoms with E-state index in [-0.39, 0.29) is 6.10 Å². The van der Waals surface area contributed by atoms with Crippen LogP contribution in [0.3, 0.4) is 0 Å². The molecule has 0 spiro atoms. The molecule has 1 heterocycles. The quantitative estimate of drug-likeness (QED) is 0.721. The molecule has 2 saturated carbocycles. The maximum Gasteiger partial charge on any atom is 0.0693 e. The Bertz CT molecular complexity index is 230. The van der Waals surface area contributed by atoms with E-state index >= 15 is 0 Å². The SMILES string of the molecule is O[C@@H]1CCC[C@H]1NC1CCN(C2CC2)C1. The summed E-state index contributed by atoms with van der Waals surface area (Å²) in [5.74, 6) is 0. The van der Waals surface area contributed by atoms with E-state index in [9.17, 15) is 5.11 Å². The monoisotopic (exact) mass is 210 g/mol. The molecule has 0 aromatic heterocycles. The van der Waals surface area contributed by atoms with E-state index in [1.54, 1.807) is 0 Å². The molecule has 15 heavy (non-hydrogen) atoms. The lowest BCUT2D eigenvalue weighted by atomic mass is 10.1. The van der Waals surface area contributed by atoms with Crippen molar-refractivity contribution in [1.82, 2.24) is 10.2 Å². The molecule has 3 fully saturated rings. The third-order valence-electron chi connectivity index (χ3n) is 4.21. The van der Waals surface area contributed by atoms with Gasteiger partial charge in [0.05, 0.1) is 6.10 Å². The van der Waals surface area contributed by atoms with Crippen LogP contribution >= 0.6 is 0 Å². The minimum absolute atomic E-state index is 0.0834. The molecule has 3 atom stereocenters. The molecule has 3 heteroatoms. The lowest BCUT2D eigenvalue weighted by Gasteiger charge is -2.22. The van der Waals surface area contributed by atoms with E-state index in [4.69, 9.17) is 0 Å². The zero-order chi connectivity index (χ0) is 10.3. The van der Waals surface area contributed by atoms with E-state index in [1.165, 1.54) is 45.2 Å². The van der Waals surface area contributed by atoms with Crippen molar-refractivity contribution in [3.05, 3.63) is 0 Å². The summed E-state index contributed by atoms with van der Waals surface area (Å²) < 4.78 is 0. The average molecular weight is 210 g/mol. The molecule has 0 radical (unpaired) electrons. The van der Waals surface area contributed by atoms with Crippen LogP contribution < -0.4 is 5.32 Å². The highest BCUT2D eigenvalue weighted by Crippen LogP contribution is 2.30. The summed E-state index contributed by atoms with van der Waals surface area (Å²) in [6, 6.07) is 1.93. The van der Waals surface area contributed by atoms with Gasteiger partial charge in [-0.3, -0.25) is 4.90 Å². The summed E-state index contributed by atoms with van der Waals surface area (Å²) in [5, 5.41) is 13.4. The summed E-state index contributed by atoms with van der Waals surface area (Å²) in [4.78, 5) is 2.62. The molecule has 86 valence electrons. The predicted octanol–water partition coefficient (Wildman–Crippen LogP) is 0.726. The molecule has 3 aliphatic rings. The van der Waals surface area contributed by atoms with E-state index in [0.717, 1.165) is 12.5 Å². The summed E-state index contributed by atoms with van der Waals surface area (Å²) in [6.07, 6.45) is 7.38. The van der Waals surface area contributed by atoms with Crippen LogP contribution in [0.15, 0.2) is 0 Å². The van der Waals surface area contributed by atoms with Crippen LogP contribution in [0.5, 0.6) is 0 Å². The summed E-state index contributed by atoms with van der Waals surface area (Å²) >= 11 is 0. The largest absolute Gasteiger partial charge is 0.392 e. The van der Waals surface area contributed by atoms with Gasteiger partial charge in [0.25, 0.3) is 0 Å². The minimum atomic E-state index is -0.0834. The van der Waals surface area contributed by atoms with Crippen molar-refractivity contribution >= 4 is 0 Å². The van der Waals surface area contributed by atoms with E-state index in [1.807, 2.05) is 0 Å². The van der Waals surface area contributed by atoms with E-state index < -0.39 is 0 Å². The fourth-order valence-corrected chi connectivity index (χ4v) is 3.13. The average Bonchev–Trinajstić information content (AvgIpc) is 2.86. The second-order valence-corrected chi connectivity index (χ2v) is 5.48. The molecule has 2 N–H and O–H groups in total. The fourth-order valence-electron chi connectivity index (χ4n) is 3.13. The van der Waals surface area contributed by atoms with Gasteiger partial charge in [-0.05, 0) is 38.5 Å². The van der Waals surface area contributed by atoms with Crippen molar-refractivity contribution in [3.8, 4) is 0 Å². The van der Waals surface area contributed by atoms with Gasteiger partial charge in [0.1, 0.15) is 0 Å². The smallest absolute Gasteiger partial charge is 0.0693 e. The Kier molecular flexibility index (Phi) is 2.71. The van der Waals surface area contributed by atoms with Crippen LogP contribution in [-0.4, -0.2) is 47.3 Å². The van der Waals surface area contributed by atoms with Gasteiger partial charge in [-0.2, -0.15) is 0 Å². The molecule has 3 nitrogen and oxygen atoms in total. The van der Waals surface area contributed by atoms with Gasteiger partial charge >= 0.3 is 0 Å². The van der Waals surface area contributed by atoms with Gasteiger partial charge in [-0.25, -0.2) is 0 Å². The molecule has 0 amide bonds. The van der Waals surface area contributed by atoms with Crippen molar-refractivity contribution in [2.45, 2.75) is 62.8 Å². The third kappa shape index (κ3) is 2.19. The number of likely N-dealkylation sites (tertiary alicyclic amines) is 1. The molecule has 1 saturated heterocycles. The number of rotatable bonds is 3. The Morgan fingerprint density at radius 2 is 1.93 bits per heavy atom. The first-order valence-corrected chi connectivity index (χ1v) is 6.51. The van der Waals surface area contributed by atoms with Crippen LogP contribution in [0, 0.1) is 0 Å². The molecule has 0 aromatic carbocycles. The number of aliphatic hydroxyl groups is 1. The highest BCUT2D eigenvalue weighted by Gasteiger charge is 2.36. The molecule has 2 aliphatic carbocycles. The third-order valence-corrected chi connectivity index (χ3v) is 4.21. The van der Waals surface area contributed by atoms with Crippen LogP contribution in [-0.2, 0) is 0 Å². The Morgan fingerprint density at radius 1 is 1.07 bits per heavy atom. The Hall–Kier alpha value is -0.120. The van der Waals surface area contributed by atoms with E-state index in [2.05, 4.69) is 10.2 Å². The fraction of sp³-hybridized carbons (Fsp3) is 1.00. The molecular weight excluding hydrogens is 188 g/mol. The van der Waals surface area contributed by atoms with Gasteiger partial charge in [0, 0.05) is 31.2 Å². The first-order valence-electron chi connectivity index (χ1n) is 6.51. The molecule has 0 aromatic rings. The number of nitrogens with zero attached hydrogens (tertiary/aromatic N) is 1. The van der Waals surface area contributed by atoms with Crippen molar-refractivity contribution in [2.24, 2.45) is 0 Å². The van der Waals surface area contributed by atoms with Crippen LogP contribution in [0.2, 0.25) is 0 Å². The second-order valence-electron chi connectivity index (χ2n) is 5.48. The van der Waals surface area contributed by atoms with Crippen molar-refractivity contribution in [1.29, 1.82) is 0 Å². The maximum atomic E-state index is 9.76. The Morgan fingerprint density at radius 3 is 2.60 bits per heavy atom. The lowest BCUT2D eigenvalue weighted by molar-refractivity contribution is 0.142.